The van der Waals surface area contributed by atoms with Crippen LogP contribution in [0.1, 0.15) is 40.3 Å². The standard InChI is InChI=1S/C28H29FN8O2/c1-17-14-36(27(38)39-28(3,4)5)18(2)13-35(17)24-23-21(20-8-6-7-9-22(20)29)15-37(25(23)33-16-32-24)26-31-11-10-19(12-30)34-26/h6-11,15-18H,13-14H2,1-5H3/t17?,18-/m0/s1. The Labute approximate surface area is 225 Å². The molecule has 4 aromatic rings. The maximum Gasteiger partial charge on any atom is 0.410 e. The maximum atomic E-state index is 15.1. The number of hydrogen-bond donors (Lipinski definition) is 0. The van der Waals surface area contributed by atoms with Gasteiger partial charge in [-0.3, -0.25) is 4.57 Å². The van der Waals surface area contributed by atoms with Crippen molar-refractivity contribution in [2.45, 2.75) is 52.3 Å². The van der Waals surface area contributed by atoms with Gasteiger partial charge in [-0.05, 0) is 46.8 Å². The van der Waals surface area contributed by atoms with Gasteiger partial charge in [-0.15, -0.1) is 0 Å². The van der Waals surface area contributed by atoms with E-state index in [2.05, 4.69) is 24.8 Å². The van der Waals surface area contributed by atoms with E-state index in [9.17, 15) is 10.1 Å². The maximum absolute atomic E-state index is 15.1. The van der Waals surface area contributed by atoms with Crippen molar-refractivity contribution in [3.8, 4) is 23.1 Å². The third kappa shape index (κ3) is 4.97. The summed E-state index contributed by atoms with van der Waals surface area (Å²) in [5.74, 6) is 0.452. The van der Waals surface area contributed by atoms with Crippen molar-refractivity contribution >= 4 is 22.9 Å². The number of carbonyl (C=O) groups excluding carboxylic acids is 1. The number of nitriles is 1. The number of fused-ring (bicyclic) bond motifs is 1. The summed E-state index contributed by atoms with van der Waals surface area (Å²) in [6, 6.07) is 9.75. The molecule has 1 aliphatic rings. The third-order valence-corrected chi connectivity index (χ3v) is 6.59. The minimum Gasteiger partial charge on any atom is -0.444 e. The first kappa shape index (κ1) is 26.0. The van der Waals surface area contributed by atoms with Crippen LogP contribution >= 0.6 is 0 Å². The Balaban J connectivity index is 1.64. The number of carbonyl (C=O) groups is 1. The fourth-order valence-corrected chi connectivity index (χ4v) is 4.82. The molecule has 0 saturated carbocycles. The average molecular weight is 529 g/mol. The Morgan fingerprint density at radius 1 is 1.08 bits per heavy atom. The van der Waals surface area contributed by atoms with E-state index >= 15 is 4.39 Å². The van der Waals surface area contributed by atoms with Crippen LogP contribution in [0.5, 0.6) is 0 Å². The lowest BCUT2D eigenvalue weighted by atomic mass is 10.0. The fraction of sp³-hybridized carbons (Fsp3) is 0.357. The second-order valence-electron chi connectivity index (χ2n) is 10.6. The van der Waals surface area contributed by atoms with Crippen molar-refractivity contribution in [2.75, 3.05) is 18.0 Å². The van der Waals surface area contributed by atoms with E-state index in [1.807, 2.05) is 40.7 Å². The summed E-state index contributed by atoms with van der Waals surface area (Å²) in [6.45, 7) is 10.4. The molecule has 200 valence electrons. The summed E-state index contributed by atoms with van der Waals surface area (Å²) in [5, 5.41) is 9.99. The molecule has 0 N–H and O–H groups in total. The summed E-state index contributed by atoms with van der Waals surface area (Å²) in [4.78, 5) is 34.6. The highest BCUT2D eigenvalue weighted by molar-refractivity contribution is 6.02. The van der Waals surface area contributed by atoms with Crippen LogP contribution in [0.25, 0.3) is 28.1 Å². The van der Waals surface area contributed by atoms with Crippen molar-refractivity contribution in [3.05, 3.63) is 60.6 Å². The first-order chi connectivity index (χ1) is 18.6. The first-order valence-corrected chi connectivity index (χ1v) is 12.7. The van der Waals surface area contributed by atoms with Crippen LogP contribution in [0.15, 0.2) is 49.1 Å². The van der Waals surface area contributed by atoms with E-state index in [1.54, 1.807) is 33.9 Å². The molecule has 1 amide bonds. The highest BCUT2D eigenvalue weighted by atomic mass is 19.1. The highest BCUT2D eigenvalue weighted by Gasteiger charge is 2.36. The normalized spacial score (nSPS) is 17.8. The van der Waals surface area contributed by atoms with Gasteiger partial charge >= 0.3 is 6.09 Å². The molecule has 0 aliphatic carbocycles. The summed E-state index contributed by atoms with van der Waals surface area (Å²) in [7, 11) is 0. The number of ether oxygens (including phenoxy) is 1. The molecule has 1 unspecified atom stereocenters. The van der Waals surface area contributed by atoms with Gasteiger partial charge in [0.15, 0.2) is 5.65 Å². The predicted octanol–water partition coefficient (Wildman–Crippen LogP) is 4.72. The molecule has 10 nitrogen and oxygen atoms in total. The first-order valence-electron chi connectivity index (χ1n) is 12.7. The van der Waals surface area contributed by atoms with Gasteiger partial charge < -0.3 is 14.5 Å². The number of anilines is 1. The Kier molecular flexibility index (Phi) is 6.64. The smallest absolute Gasteiger partial charge is 0.410 e. The molecule has 5 rings (SSSR count). The SMILES string of the molecule is CC1CN(C(=O)OC(C)(C)C)[C@@H](C)CN1c1ncnc2c1c(-c1ccccc1F)cn2-c1nccc(C#N)n1. The summed E-state index contributed by atoms with van der Waals surface area (Å²) >= 11 is 0. The summed E-state index contributed by atoms with van der Waals surface area (Å²) < 4.78 is 22.4. The van der Waals surface area contributed by atoms with Gasteiger partial charge in [-0.2, -0.15) is 5.26 Å². The zero-order valence-corrected chi connectivity index (χ0v) is 22.5. The van der Waals surface area contributed by atoms with Crippen LogP contribution in [-0.2, 0) is 4.74 Å². The van der Waals surface area contributed by atoms with Crippen LogP contribution in [-0.4, -0.2) is 66.3 Å². The van der Waals surface area contributed by atoms with Crippen molar-refractivity contribution in [3.63, 3.8) is 0 Å². The Hall–Kier alpha value is -4.59. The average Bonchev–Trinajstić information content (AvgIpc) is 3.29. The zero-order valence-electron chi connectivity index (χ0n) is 22.5. The minimum atomic E-state index is -0.599. The van der Waals surface area contributed by atoms with Crippen molar-refractivity contribution < 1.29 is 13.9 Å². The summed E-state index contributed by atoms with van der Waals surface area (Å²) in [5.41, 5.74) is 1.02. The molecule has 11 heteroatoms. The van der Waals surface area contributed by atoms with Crippen LogP contribution in [0, 0.1) is 17.1 Å². The second kappa shape index (κ2) is 9.94. The number of benzene rings is 1. The minimum absolute atomic E-state index is 0.123. The number of halogens is 1. The van der Waals surface area contributed by atoms with Gasteiger partial charge in [0.05, 0.1) is 5.39 Å². The number of rotatable bonds is 3. The van der Waals surface area contributed by atoms with Crippen LogP contribution in [0.3, 0.4) is 0 Å². The number of aromatic nitrogens is 5. The third-order valence-electron chi connectivity index (χ3n) is 6.59. The predicted molar refractivity (Wildman–Crippen MR) is 144 cm³/mol. The van der Waals surface area contributed by atoms with Crippen LogP contribution in [0.2, 0.25) is 0 Å². The van der Waals surface area contributed by atoms with E-state index < -0.39 is 11.4 Å². The highest BCUT2D eigenvalue weighted by Crippen LogP contribution is 2.38. The van der Waals surface area contributed by atoms with Gasteiger partial charge in [-0.25, -0.2) is 29.1 Å². The van der Waals surface area contributed by atoms with Gasteiger partial charge in [0.2, 0.25) is 5.95 Å². The van der Waals surface area contributed by atoms with Gasteiger partial charge in [0, 0.05) is 48.7 Å². The van der Waals surface area contributed by atoms with Crippen LogP contribution < -0.4 is 4.90 Å². The molecule has 0 spiro atoms. The fourth-order valence-electron chi connectivity index (χ4n) is 4.82. The molecule has 0 radical (unpaired) electrons. The van der Waals surface area contributed by atoms with E-state index in [1.165, 1.54) is 24.7 Å². The molecule has 0 bridgehead atoms. The van der Waals surface area contributed by atoms with Gasteiger partial charge in [0.1, 0.15) is 35.3 Å². The van der Waals surface area contributed by atoms with Gasteiger partial charge in [0.25, 0.3) is 0 Å². The molecule has 1 fully saturated rings. The lowest BCUT2D eigenvalue weighted by Crippen LogP contribution is -2.59. The molecule has 1 aliphatic heterocycles. The molecule has 2 atom stereocenters. The van der Waals surface area contributed by atoms with E-state index in [4.69, 9.17) is 4.74 Å². The van der Waals surface area contributed by atoms with Crippen LogP contribution in [0.4, 0.5) is 15.0 Å². The number of amides is 1. The topological polar surface area (TPSA) is 113 Å². The van der Waals surface area contributed by atoms with E-state index in [-0.39, 0.29) is 29.8 Å². The van der Waals surface area contributed by atoms with Crippen molar-refractivity contribution in [1.82, 2.24) is 29.4 Å². The number of hydrogen-bond acceptors (Lipinski definition) is 8. The van der Waals surface area contributed by atoms with E-state index in [0.717, 1.165) is 0 Å². The monoisotopic (exact) mass is 528 g/mol. The lowest BCUT2D eigenvalue weighted by molar-refractivity contribution is 0.0130. The lowest BCUT2D eigenvalue weighted by Gasteiger charge is -2.44. The van der Waals surface area contributed by atoms with E-state index in [0.29, 0.717) is 41.1 Å². The zero-order chi connectivity index (χ0) is 27.9. The Morgan fingerprint density at radius 3 is 2.56 bits per heavy atom. The van der Waals surface area contributed by atoms with Gasteiger partial charge in [-0.1, -0.05) is 18.2 Å². The largest absolute Gasteiger partial charge is 0.444 e. The Morgan fingerprint density at radius 2 is 1.85 bits per heavy atom. The molecular formula is C28H29FN8O2. The van der Waals surface area contributed by atoms with Crippen molar-refractivity contribution in [2.24, 2.45) is 0 Å². The molecule has 1 saturated heterocycles. The molecule has 1 aromatic carbocycles. The second-order valence-corrected chi connectivity index (χ2v) is 10.6. The molecular weight excluding hydrogens is 499 g/mol. The number of piperazine rings is 1. The Bertz CT molecular complexity index is 1590. The molecule has 4 heterocycles. The molecule has 39 heavy (non-hydrogen) atoms. The summed E-state index contributed by atoms with van der Waals surface area (Å²) in [6.07, 6.45) is 4.31. The quantitative estimate of drug-likeness (QED) is 0.375. The molecule has 3 aromatic heterocycles. The van der Waals surface area contributed by atoms with Crippen molar-refractivity contribution in [1.29, 1.82) is 5.26 Å². The number of nitrogens with zero attached hydrogens (tertiary/aromatic N) is 8.